The zero-order valence-electron chi connectivity index (χ0n) is 15.7. The van der Waals surface area contributed by atoms with E-state index in [1.807, 2.05) is 54.6 Å². The van der Waals surface area contributed by atoms with Gasteiger partial charge in [-0.1, -0.05) is 60.7 Å². The Balaban J connectivity index is 1.59. The molecule has 0 spiro atoms. The van der Waals surface area contributed by atoms with Crippen LogP contribution >= 0.6 is 0 Å². The van der Waals surface area contributed by atoms with E-state index in [4.69, 9.17) is 8.83 Å². The minimum atomic E-state index is -0.328. The Labute approximate surface area is 167 Å². The van der Waals surface area contributed by atoms with Gasteiger partial charge < -0.3 is 14.2 Å². The van der Waals surface area contributed by atoms with Crippen molar-refractivity contribution in [2.45, 2.75) is 12.6 Å². The Morgan fingerprint density at radius 3 is 2.52 bits per heavy atom. The van der Waals surface area contributed by atoms with E-state index in [0.29, 0.717) is 12.1 Å². The third kappa shape index (κ3) is 3.35. The first-order valence-electron chi connectivity index (χ1n) is 9.66. The van der Waals surface area contributed by atoms with Crippen LogP contribution in [0.4, 0.5) is 0 Å². The van der Waals surface area contributed by atoms with Crippen molar-refractivity contribution in [2.24, 2.45) is 0 Å². The number of rotatable bonds is 5. The molecule has 0 saturated heterocycles. The highest BCUT2D eigenvalue weighted by atomic mass is 16.4. The molecule has 5 rings (SSSR count). The van der Waals surface area contributed by atoms with E-state index in [0.717, 1.165) is 33.0 Å². The summed E-state index contributed by atoms with van der Waals surface area (Å²) >= 11 is 0. The molecule has 29 heavy (non-hydrogen) atoms. The summed E-state index contributed by atoms with van der Waals surface area (Å²) in [6.45, 7) is 0.621. The summed E-state index contributed by atoms with van der Waals surface area (Å²) in [7, 11) is 0. The van der Waals surface area contributed by atoms with E-state index >= 15 is 0 Å². The van der Waals surface area contributed by atoms with Gasteiger partial charge in [0, 0.05) is 22.6 Å². The lowest BCUT2D eigenvalue weighted by atomic mass is 10.0. The van der Waals surface area contributed by atoms with E-state index in [-0.39, 0.29) is 11.7 Å². The minimum absolute atomic E-state index is 0.00322. The summed E-state index contributed by atoms with van der Waals surface area (Å²) in [6, 6.07) is 27.8. The molecule has 0 amide bonds. The van der Waals surface area contributed by atoms with Crippen LogP contribution in [0, 0.1) is 0 Å². The highest BCUT2D eigenvalue weighted by Gasteiger charge is 2.21. The first kappa shape index (κ1) is 17.5. The Morgan fingerprint density at radius 2 is 1.69 bits per heavy atom. The maximum absolute atomic E-state index is 12.2. The van der Waals surface area contributed by atoms with Crippen LogP contribution < -0.4 is 10.9 Å². The van der Waals surface area contributed by atoms with E-state index in [1.54, 1.807) is 12.3 Å². The lowest BCUT2D eigenvalue weighted by Crippen LogP contribution is -2.83. The predicted octanol–water partition coefficient (Wildman–Crippen LogP) is 4.39. The van der Waals surface area contributed by atoms with Gasteiger partial charge in [0.2, 0.25) is 0 Å². The van der Waals surface area contributed by atoms with Crippen molar-refractivity contribution in [3.63, 3.8) is 0 Å². The van der Waals surface area contributed by atoms with Crippen LogP contribution in [0.25, 0.3) is 21.7 Å². The second kappa shape index (κ2) is 7.41. The van der Waals surface area contributed by atoms with Gasteiger partial charge in [0.1, 0.15) is 12.1 Å². The Hall–Kier alpha value is -3.63. The van der Waals surface area contributed by atoms with E-state index in [9.17, 15) is 4.79 Å². The maximum Gasteiger partial charge on any atom is 0.336 e. The largest absolute Gasteiger partial charge is 0.463 e. The van der Waals surface area contributed by atoms with Gasteiger partial charge in [0.05, 0.1) is 6.26 Å². The monoisotopic (exact) mass is 382 g/mol. The molecule has 2 aromatic heterocycles. The van der Waals surface area contributed by atoms with Crippen molar-refractivity contribution in [3.8, 4) is 0 Å². The van der Waals surface area contributed by atoms with Gasteiger partial charge in [0.25, 0.3) is 0 Å². The zero-order valence-corrected chi connectivity index (χ0v) is 15.7. The molecule has 1 atom stereocenters. The van der Waals surface area contributed by atoms with Crippen LogP contribution in [0.5, 0.6) is 0 Å². The standard InChI is InChI=1S/C25H19NO3/c27-23-15-19(24-20-10-5-4-7-17(20)12-13-21(24)29-23)16-26-25(22-11-6-14-28-22)18-8-2-1-3-9-18/h1-15,25-26H,16H2/p+1/t25-/m1/s1. The third-order valence-corrected chi connectivity index (χ3v) is 5.30. The second-order valence-corrected chi connectivity index (χ2v) is 7.09. The molecular weight excluding hydrogens is 362 g/mol. The summed E-state index contributed by atoms with van der Waals surface area (Å²) in [5, 5.41) is 5.40. The van der Waals surface area contributed by atoms with Crippen LogP contribution in [-0.4, -0.2) is 0 Å². The van der Waals surface area contributed by atoms with Gasteiger partial charge in [-0.15, -0.1) is 0 Å². The van der Waals surface area contributed by atoms with Crippen LogP contribution in [0.2, 0.25) is 0 Å². The zero-order chi connectivity index (χ0) is 19.6. The van der Waals surface area contributed by atoms with Crippen LogP contribution in [0.3, 0.4) is 0 Å². The van der Waals surface area contributed by atoms with Gasteiger partial charge in [-0.05, 0) is 29.0 Å². The number of fused-ring (bicyclic) bond motifs is 3. The lowest BCUT2D eigenvalue weighted by Gasteiger charge is -2.15. The summed E-state index contributed by atoms with van der Waals surface area (Å²) in [4.78, 5) is 12.2. The average Bonchev–Trinajstić information content (AvgIpc) is 3.28. The molecule has 0 unspecified atom stereocenters. The number of hydrogen-bond acceptors (Lipinski definition) is 3. The van der Waals surface area contributed by atoms with Gasteiger partial charge in [-0.3, -0.25) is 0 Å². The highest BCUT2D eigenvalue weighted by molar-refractivity contribution is 6.06. The van der Waals surface area contributed by atoms with Crippen LogP contribution in [0.15, 0.2) is 105 Å². The molecular formula is C25H20NO3+. The van der Waals surface area contributed by atoms with E-state index < -0.39 is 0 Å². The minimum Gasteiger partial charge on any atom is -0.463 e. The van der Waals surface area contributed by atoms with Gasteiger partial charge in [0.15, 0.2) is 11.8 Å². The van der Waals surface area contributed by atoms with Crippen LogP contribution in [0.1, 0.15) is 22.9 Å². The van der Waals surface area contributed by atoms with Crippen molar-refractivity contribution in [1.82, 2.24) is 0 Å². The molecule has 142 valence electrons. The van der Waals surface area contributed by atoms with Crippen molar-refractivity contribution in [3.05, 3.63) is 118 Å². The summed E-state index contributed by atoms with van der Waals surface area (Å²) in [5.41, 5.74) is 2.40. The van der Waals surface area contributed by atoms with Gasteiger partial charge in [-0.25, -0.2) is 4.79 Å². The van der Waals surface area contributed by atoms with Crippen molar-refractivity contribution >= 4 is 21.7 Å². The normalized spacial score (nSPS) is 12.4. The van der Waals surface area contributed by atoms with Crippen molar-refractivity contribution < 1.29 is 14.2 Å². The molecule has 0 fully saturated rings. The molecule has 2 heterocycles. The molecule has 0 aliphatic rings. The number of furan rings is 1. The summed E-state index contributed by atoms with van der Waals surface area (Å²) in [5.74, 6) is 0.883. The quantitative estimate of drug-likeness (QED) is 0.362. The topological polar surface area (TPSA) is 60.0 Å². The molecule has 0 saturated carbocycles. The summed E-state index contributed by atoms with van der Waals surface area (Å²) < 4.78 is 11.2. The Kier molecular flexibility index (Phi) is 4.47. The number of nitrogens with two attached hydrogens (primary N) is 1. The smallest absolute Gasteiger partial charge is 0.336 e. The van der Waals surface area contributed by atoms with E-state index in [2.05, 4.69) is 29.6 Å². The third-order valence-electron chi connectivity index (χ3n) is 5.30. The Bertz CT molecular complexity index is 1320. The summed E-state index contributed by atoms with van der Waals surface area (Å²) in [6.07, 6.45) is 1.69. The first-order valence-corrected chi connectivity index (χ1v) is 9.66. The fourth-order valence-electron chi connectivity index (χ4n) is 3.97. The highest BCUT2D eigenvalue weighted by Crippen LogP contribution is 2.27. The number of benzene rings is 3. The molecule has 4 nitrogen and oxygen atoms in total. The molecule has 3 aromatic carbocycles. The molecule has 0 aliphatic carbocycles. The SMILES string of the molecule is O=c1cc(C[NH2+][C@H](c2ccccc2)c2ccco2)c2c(ccc3ccccc32)o1. The fraction of sp³-hybridized carbons (Fsp3) is 0.0800. The van der Waals surface area contributed by atoms with Gasteiger partial charge >= 0.3 is 5.63 Å². The number of quaternary nitrogens is 1. The van der Waals surface area contributed by atoms with Crippen molar-refractivity contribution in [2.75, 3.05) is 0 Å². The fourth-order valence-corrected chi connectivity index (χ4v) is 3.97. The number of hydrogen-bond donors (Lipinski definition) is 1. The Morgan fingerprint density at radius 1 is 0.862 bits per heavy atom. The predicted molar refractivity (Wildman–Crippen MR) is 113 cm³/mol. The lowest BCUT2D eigenvalue weighted by molar-refractivity contribution is -0.704. The molecule has 0 bridgehead atoms. The molecule has 2 N–H and O–H groups in total. The molecule has 4 heteroatoms. The average molecular weight is 382 g/mol. The van der Waals surface area contributed by atoms with Gasteiger partial charge in [-0.2, -0.15) is 0 Å². The molecule has 0 aliphatic heterocycles. The van der Waals surface area contributed by atoms with E-state index in [1.165, 1.54) is 0 Å². The second-order valence-electron chi connectivity index (χ2n) is 7.09. The van der Waals surface area contributed by atoms with Crippen molar-refractivity contribution in [1.29, 1.82) is 0 Å². The first-order chi connectivity index (χ1) is 14.3. The molecule has 5 aromatic rings. The molecule has 0 radical (unpaired) electrons. The maximum atomic E-state index is 12.2. The van der Waals surface area contributed by atoms with Crippen LogP contribution in [-0.2, 0) is 6.54 Å².